The maximum Gasteiger partial charge on any atom is 0.330 e. The average Bonchev–Trinajstić information content (AvgIpc) is 2.69. The van der Waals surface area contributed by atoms with Gasteiger partial charge in [0.05, 0.1) is 16.9 Å². The minimum Gasteiger partial charge on any atom is -0.366 e. The molecule has 28 heavy (non-hydrogen) atoms. The predicted octanol–water partition coefficient (Wildman–Crippen LogP) is 2.60. The SMILES string of the molecule is NC(=O)c1ccccc1N(c1ccccc1)S(=O)(=O)NC(=O)c1ccccc1. The average molecular weight is 395 g/mol. The van der Waals surface area contributed by atoms with E-state index in [2.05, 4.69) is 0 Å². The van der Waals surface area contributed by atoms with E-state index in [9.17, 15) is 18.0 Å². The number of carbonyl (C=O) groups excluding carboxylic acids is 2. The van der Waals surface area contributed by atoms with Crippen molar-refractivity contribution in [3.63, 3.8) is 0 Å². The van der Waals surface area contributed by atoms with E-state index in [1.807, 2.05) is 4.72 Å². The largest absolute Gasteiger partial charge is 0.366 e. The lowest BCUT2D eigenvalue weighted by atomic mass is 10.1. The summed E-state index contributed by atoms with van der Waals surface area (Å²) in [5.74, 6) is -1.58. The lowest BCUT2D eigenvalue weighted by Crippen LogP contribution is -2.42. The number of hydrogen-bond donors (Lipinski definition) is 2. The summed E-state index contributed by atoms with van der Waals surface area (Å²) in [7, 11) is -4.41. The van der Waals surface area contributed by atoms with Crippen molar-refractivity contribution < 1.29 is 18.0 Å². The molecule has 3 aromatic rings. The van der Waals surface area contributed by atoms with E-state index in [1.54, 1.807) is 60.7 Å². The highest BCUT2D eigenvalue weighted by atomic mass is 32.2. The van der Waals surface area contributed by atoms with Crippen molar-refractivity contribution in [1.29, 1.82) is 0 Å². The van der Waals surface area contributed by atoms with Crippen LogP contribution in [0.1, 0.15) is 20.7 Å². The number of nitrogens with one attached hydrogen (secondary N) is 1. The highest BCUT2D eigenvalue weighted by Crippen LogP contribution is 2.31. The molecule has 0 saturated carbocycles. The van der Waals surface area contributed by atoms with Gasteiger partial charge in [-0.3, -0.25) is 9.59 Å². The van der Waals surface area contributed by atoms with Crippen LogP contribution in [0.5, 0.6) is 0 Å². The van der Waals surface area contributed by atoms with Crippen molar-refractivity contribution in [2.24, 2.45) is 5.73 Å². The number of hydrogen-bond acceptors (Lipinski definition) is 4. The number of para-hydroxylation sites is 2. The number of nitrogens with two attached hydrogens (primary N) is 1. The van der Waals surface area contributed by atoms with Crippen LogP contribution in [0.3, 0.4) is 0 Å². The molecule has 0 aliphatic rings. The first kappa shape index (κ1) is 19.1. The Hall–Kier alpha value is -3.65. The van der Waals surface area contributed by atoms with Crippen molar-refractivity contribution in [2.75, 3.05) is 4.31 Å². The minimum absolute atomic E-state index is 0.00360. The van der Waals surface area contributed by atoms with Crippen LogP contribution in [0.15, 0.2) is 84.9 Å². The van der Waals surface area contributed by atoms with Crippen molar-refractivity contribution in [2.45, 2.75) is 0 Å². The number of nitrogens with zero attached hydrogens (tertiary/aromatic N) is 1. The van der Waals surface area contributed by atoms with E-state index in [4.69, 9.17) is 5.73 Å². The van der Waals surface area contributed by atoms with Gasteiger partial charge in [-0.2, -0.15) is 8.42 Å². The third-order valence-corrected chi connectivity index (χ3v) is 5.21. The van der Waals surface area contributed by atoms with Crippen molar-refractivity contribution in [1.82, 2.24) is 4.72 Å². The second-order valence-electron chi connectivity index (χ2n) is 5.78. The van der Waals surface area contributed by atoms with Gasteiger partial charge in [0.15, 0.2) is 0 Å². The maximum absolute atomic E-state index is 13.1. The Kier molecular flexibility index (Phi) is 5.42. The lowest BCUT2D eigenvalue weighted by molar-refractivity contribution is 0.0978. The van der Waals surface area contributed by atoms with Gasteiger partial charge < -0.3 is 5.73 Å². The number of benzene rings is 3. The smallest absolute Gasteiger partial charge is 0.330 e. The van der Waals surface area contributed by atoms with E-state index in [0.29, 0.717) is 0 Å². The number of amides is 2. The number of rotatable bonds is 6. The molecule has 7 nitrogen and oxygen atoms in total. The van der Waals surface area contributed by atoms with Crippen molar-refractivity contribution >= 4 is 33.4 Å². The third-order valence-electron chi connectivity index (χ3n) is 3.88. The molecule has 0 atom stereocenters. The second kappa shape index (κ2) is 7.93. The molecule has 0 aromatic heterocycles. The number of anilines is 2. The zero-order valence-electron chi connectivity index (χ0n) is 14.6. The molecule has 2 amide bonds. The van der Waals surface area contributed by atoms with E-state index in [1.165, 1.54) is 24.3 Å². The van der Waals surface area contributed by atoms with Crippen LogP contribution >= 0.6 is 0 Å². The van der Waals surface area contributed by atoms with Crippen molar-refractivity contribution in [3.8, 4) is 0 Å². The molecular formula is C20H17N3O4S. The zero-order valence-corrected chi connectivity index (χ0v) is 15.5. The Labute approximate surface area is 162 Å². The van der Waals surface area contributed by atoms with Gasteiger partial charge in [0, 0.05) is 5.56 Å². The minimum atomic E-state index is -4.41. The van der Waals surface area contributed by atoms with Crippen LogP contribution in [0.2, 0.25) is 0 Å². The fourth-order valence-electron chi connectivity index (χ4n) is 2.64. The second-order valence-corrected chi connectivity index (χ2v) is 7.30. The topological polar surface area (TPSA) is 110 Å². The molecule has 0 aliphatic heterocycles. The predicted molar refractivity (Wildman–Crippen MR) is 106 cm³/mol. The standard InChI is InChI=1S/C20H17N3O4S/c21-19(24)17-13-7-8-14-18(17)23(16-11-5-2-6-12-16)28(26,27)22-20(25)15-9-3-1-4-10-15/h1-14H,(H2,21,24)(H,22,25). The molecule has 0 heterocycles. The van der Waals surface area contributed by atoms with Crippen LogP contribution < -0.4 is 14.8 Å². The number of carbonyl (C=O) groups is 2. The monoisotopic (exact) mass is 395 g/mol. The van der Waals surface area contributed by atoms with Crippen molar-refractivity contribution in [3.05, 3.63) is 96.1 Å². The fourth-order valence-corrected chi connectivity index (χ4v) is 3.90. The first-order valence-corrected chi connectivity index (χ1v) is 9.70. The molecule has 0 saturated heterocycles. The van der Waals surface area contributed by atoms with Gasteiger partial charge in [0.25, 0.3) is 11.8 Å². The van der Waals surface area contributed by atoms with E-state index in [-0.39, 0.29) is 22.5 Å². The summed E-state index contributed by atoms with van der Waals surface area (Å²) in [4.78, 5) is 24.3. The molecule has 0 spiro atoms. The quantitative estimate of drug-likeness (QED) is 0.668. The van der Waals surface area contributed by atoms with Crippen LogP contribution in [-0.4, -0.2) is 20.2 Å². The highest BCUT2D eigenvalue weighted by Gasteiger charge is 2.29. The van der Waals surface area contributed by atoms with Crippen LogP contribution in [0.25, 0.3) is 0 Å². The molecule has 0 bridgehead atoms. The Morgan fingerprint density at radius 1 is 0.786 bits per heavy atom. The van der Waals surface area contributed by atoms with E-state index in [0.717, 1.165) is 4.31 Å². The summed E-state index contributed by atoms with van der Waals surface area (Å²) in [5.41, 5.74) is 5.88. The van der Waals surface area contributed by atoms with Crippen LogP contribution in [0.4, 0.5) is 11.4 Å². The molecule has 0 radical (unpaired) electrons. The molecule has 3 aromatic carbocycles. The van der Waals surface area contributed by atoms with Gasteiger partial charge in [-0.25, -0.2) is 9.03 Å². The summed E-state index contributed by atoms with van der Waals surface area (Å²) < 4.78 is 29.2. The van der Waals surface area contributed by atoms with Gasteiger partial charge in [-0.1, -0.05) is 48.5 Å². The van der Waals surface area contributed by atoms with Gasteiger partial charge in [0.2, 0.25) is 0 Å². The summed E-state index contributed by atoms with van der Waals surface area (Å²) in [6, 6.07) is 22.1. The summed E-state index contributed by atoms with van der Waals surface area (Å²) in [6.45, 7) is 0. The van der Waals surface area contributed by atoms with E-state index >= 15 is 0 Å². The van der Waals surface area contributed by atoms with Gasteiger partial charge in [0.1, 0.15) is 0 Å². The number of primary amides is 1. The molecule has 142 valence electrons. The molecule has 0 unspecified atom stereocenters. The summed E-state index contributed by atoms with van der Waals surface area (Å²) in [5, 5.41) is 0. The molecule has 3 N–H and O–H groups in total. The Morgan fingerprint density at radius 2 is 1.32 bits per heavy atom. The summed E-state index contributed by atoms with van der Waals surface area (Å²) >= 11 is 0. The summed E-state index contributed by atoms with van der Waals surface area (Å²) in [6.07, 6.45) is 0. The van der Waals surface area contributed by atoms with Crippen LogP contribution in [0, 0.1) is 0 Å². The Morgan fingerprint density at radius 3 is 1.93 bits per heavy atom. The third kappa shape index (κ3) is 4.02. The Bertz CT molecular complexity index is 1100. The van der Waals surface area contributed by atoms with Gasteiger partial charge >= 0.3 is 10.2 Å². The van der Waals surface area contributed by atoms with Gasteiger partial charge in [-0.15, -0.1) is 0 Å². The lowest BCUT2D eigenvalue weighted by Gasteiger charge is -2.26. The van der Waals surface area contributed by atoms with Gasteiger partial charge in [-0.05, 0) is 36.4 Å². The molecule has 8 heteroatoms. The Balaban J connectivity index is 2.10. The van der Waals surface area contributed by atoms with Crippen LogP contribution in [-0.2, 0) is 10.2 Å². The maximum atomic E-state index is 13.1. The normalized spacial score (nSPS) is 10.9. The molecule has 3 rings (SSSR count). The fraction of sp³-hybridized carbons (Fsp3) is 0. The first-order chi connectivity index (χ1) is 13.4. The molecule has 0 fully saturated rings. The first-order valence-electron chi connectivity index (χ1n) is 8.26. The zero-order chi connectivity index (χ0) is 20.1. The molecule has 0 aliphatic carbocycles. The highest BCUT2D eigenvalue weighted by molar-refractivity contribution is 7.91. The van der Waals surface area contributed by atoms with E-state index < -0.39 is 22.0 Å². The molecular weight excluding hydrogens is 378 g/mol.